The van der Waals surface area contributed by atoms with E-state index in [0.717, 1.165) is 32.1 Å². The Hall–Kier alpha value is -0.990. The van der Waals surface area contributed by atoms with Gasteiger partial charge in [-0.2, -0.15) is 0 Å². The Bertz CT molecular complexity index is 938. The molecule has 2 atom stereocenters. The normalized spacial score (nSPS) is 13.1. The number of rotatable bonds is 49. The summed E-state index contributed by atoms with van der Waals surface area (Å²) in [4.78, 5) is 34.7. The molecular formula is C49H98NO8P. The maximum atomic E-state index is 12.6. The van der Waals surface area contributed by atoms with Gasteiger partial charge in [-0.15, -0.1) is 0 Å². The number of unbranched alkanes of at least 4 members (excludes halogenated alkanes) is 36. The van der Waals surface area contributed by atoms with Crippen molar-refractivity contribution in [2.45, 2.75) is 277 Å². The number of carbonyl (C=O) groups excluding carboxylic acids is 2. The zero-order valence-electron chi connectivity index (χ0n) is 39.0. The van der Waals surface area contributed by atoms with Crippen LogP contribution in [-0.4, -0.2) is 49.3 Å². The fourth-order valence-corrected chi connectivity index (χ4v) is 8.46. The van der Waals surface area contributed by atoms with Gasteiger partial charge in [-0.3, -0.25) is 18.6 Å². The van der Waals surface area contributed by atoms with Crippen molar-refractivity contribution >= 4 is 19.8 Å². The molecule has 0 aromatic rings. The summed E-state index contributed by atoms with van der Waals surface area (Å²) in [6, 6.07) is 0. The summed E-state index contributed by atoms with van der Waals surface area (Å²) >= 11 is 0. The molecule has 0 aliphatic rings. The molecule has 59 heavy (non-hydrogen) atoms. The van der Waals surface area contributed by atoms with Crippen molar-refractivity contribution in [3.63, 3.8) is 0 Å². The van der Waals surface area contributed by atoms with Crippen molar-refractivity contribution in [1.29, 1.82) is 0 Å². The van der Waals surface area contributed by atoms with E-state index in [0.29, 0.717) is 6.42 Å². The fraction of sp³-hybridized carbons (Fsp3) is 0.959. The van der Waals surface area contributed by atoms with Gasteiger partial charge in [0, 0.05) is 19.4 Å². The third-order valence-corrected chi connectivity index (χ3v) is 12.5. The maximum Gasteiger partial charge on any atom is 0.472 e. The van der Waals surface area contributed by atoms with Crippen LogP contribution in [0.3, 0.4) is 0 Å². The lowest BCUT2D eigenvalue weighted by molar-refractivity contribution is -0.161. The van der Waals surface area contributed by atoms with E-state index in [9.17, 15) is 19.0 Å². The fourth-order valence-electron chi connectivity index (χ4n) is 7.70. The monoisotopic (exact) mass is 860 g/mol. The topological polar surface area (TPSA) is 134 Å². The number of phosphoric ester groups is 1. The Morgan fingerprint density at radius 2 is 0.729 bits per heavy atom. The van der Waals surface area contributed by atoms with E-state index in [2.05, 4.69) is 13.8 Å². The van der Waals surface area contributed by atoms with Crippen LogP contribution in [0, 0.1) is 0 Å². The average Bonchev–Trinajstić information content (AvgIpc) is 3.22. The minimum atomic E-state index is -4.36. The van der Waals surface area contributed by atoms with Crippen molar-refractivity contribution in [2.75, 3.05) is 26.4 Å². The Labute approximate surface area is 365 Å². The molecule has 0 saturated heterocycles. The van der Waals surface area contributed by atoms with Crippen LogP contribution in [0.4, 0.5) is 0 Å². The largest absolute Gasteiger partial charge is 0.472 e. The average molecular weight is 860 g/mol. The molecule has 0 heterocycles. The highest BCUT2D eigenvalue weighted by molar-refractivity contribution is 7.47. The third-order valence-electron chi connectivity index (χ3n) is 11.5. The van der Waals surface area contributed by atoms with Crippen LogP contribution in [0.1, 0.15) is 271 Å². The van der Waals surface area contributed by atoms with Crippen LogP contribution in [0.15, 0.2) is 0 Å². The van der Waals surface area contributed by atoms with Crippen molar-refractivity contribution in [1.82, 2.24) is 0 Å². The molecule has 3 N–H and O–H groups in total. The number of carbonyl (C=O) groups is 2. The second-order valence-corrected chi connectivity index (χ2v) is 18.9. The first-order chi connectivity index (χ1) is 28.8. The van der Waals surface area contributed by atoms with Gasteiger partial charge in [0.2, 0.25) is 0 Å². The predicted molar refractivity (Wildman–Crippen MR) is 248 cm³/mol. The Kier molecular flexibility index (Phi) is 45.7. The molecule has 0 bridgehead atoms. The molecule has 0 amide bonds. The molecule has 0 fully saturated rings. The first-order valence-electron chi connectivity index (χ1n) is 25.5. The zero-order chi connectivity index (χ0) is 43.2. The smallest absolute Gasteiger partial charge is 0.462 e. The van der Waals surface area contributed by atoms with Crippen LogP contribution in [0.2, 0.25) is 0 Å². The Morgan fingerprint density at radius 3 is 1.03 bits per heavy atom. The van der Waals surface area contributed by atoms with Crippen molar-refractivity contribution in [3.05, 3.63) is 0 Å². The molecule has 0 aliphatic heterocycles. The lowest BCUT2D eigenvalue weighted by atomic mass is 10.0. The van der Waals surface area contributed by atoms with E-state index in [1.807, 2.05) is 0 Å². The maximum absolute atomic E-state index is 12.6. The highest BCUT2D eigenvalue weighted by Gasteiger charge is 2.26. The number of hydrogen-bond donors (Lipinski definition) is 2. The zero-order valence-corrected chi connectivity index (χ0v) is 39.9. The van der Waals surface area contributed by atoms with Gasteiger partial charge in [-0.05, 0) is 12.8 Å². The van der Waals surface area contributed by atoms with Gasteiger partial charge in [-0.1, -0.05) is 245 Å². The van der Waals surface area contributed by atoms with Crippen molar-refractivity contribution in [2.24, 2.45) is 5.73 Å². The van der Waals surface area contributed by atoms with Gasteiger partial charge in [0.25, 0.3) is 0 Å². The quantitative estimate of drug-likeness (QED) is 0.0348. The SMILES string of the molecule is CCCCCCCCCCCCCCCCCCCCCCCCCCCCCCCCCC(=O)OC(COC(=O)CCCCCCCCC)COP(=O)(O)OCCN. The molecule has 0 rings (SSSR count). The van der Waals surface area contributed by atoms with Crippen LogP contribution >= 0.6 is 7.82 Å². The van der Waals surface area contributed by atoms with Gasteiger partial charge < -0.3 is 20.1 Å². The second kappa shape index (κ2) is 46.5. The van der Waals surface area contributed by atoms with Gasteiger partial charge in [0.15, 0.2) is 6.10 Å². The molecule has 2 unspecified atom stereocenters. The lowest BCUT2D eigenvalue weighted by Gasteiger charge is -2.19. The van der Waals surface area contributed by atoms with E-state index in [4.69, 9.17) is 24.3 Å². The van der Waals surface area contributed by atoms with Crippen LogP contribution < -0.4 is 5.73 Å². The molecule has 9 nitrogen and oxygen atoms in total. The minimum absolute atomic E-state index is 0.0578. The third kappa shape index (κ3) is 46.3. The van der Waals surface area contributed by atoms with Crippen LogP contribution in [0.5, 0.6) is 0 Å². The summed E-state index contributed by atoms with van der Waals surface area (Å²) in [7, 11) is -4.36. The Balaban J connectivity index is 3.73. The summed E-state index contributed by atoms with van der Waals surface area (Å²) in [5, 5.41) is 0. The summed E-state index contributed by atoms with van der Waals surface area (Å²) in [5.74, 6) is -0.819. The second-order valence-electron chi connectivity index (χ2n) is 17.4. The van der Waals surface area contributed by atoms with E-state index >= 15 is 0 Å². The highest BCUT2D eigenvalue weighted by atomic mass is 31.2. The van der Waals surface area contributed by atoms with Crippen LogP contribution in [-0.2, 0) is 32.7 Å². The summed E-state index contributed by atoms with van der Waals surface area (Å²) < 4.78 is 32.7. The van der Waals surface area contributed by atoms with Crippen molar-refractivity contribution in [3.8, 4) is 0 Å². The molecule has 10 heteroatoms. The standard InChI is InChI=1S/C49H98NO8P/c1-3-5-7-9-11-12-13-14-15-16-17-18-19-20-21-22-23-24-25-26-27-28-29-30-31-32-33-34-36-38-40-42-49(52)58-47(46-57-59(53,54)56-44-43-50)45-55-48(51)41-39-37-35-10-8-6-4-2/h47H,3-46,50H2,1-2H3,(H,53,54). The first-order valence-corrected chi connectivity index (χ1v) is 27.0. The van der Waals surface area contributed by atoms with E-state index in [1.165, 1.54) is 205 Å². The number of phosphoric acid groups is 1. The number of ether oxygens (including phenoxy) is 2. The summed E-state index contributed by atoms with van der Waals surface area (Å²) in [5.41, 5.74) is 5.34. The highest BCUT2D eigenvalue weighted by Crippen LogP contribution is 2.43. The van der Waals surface area contributed by atoms with E-state index in [1.54, 1.807) is 0 Å². The van der Waals surface area contributed by atoms with Gasteiger partial charge >= 0.3 is 19.8 Å². The van der Waals surface area contributed by atoms with Crippen molar-refractivity contribution < 1.29 is 37.6 Å². The Morgan fingerprint density at radius 1 is 0.441 bits per heavy atom. The minimum Gasteiger partial charge on any atom is -0.462 e. The lowest BCUT2D eigenvalue weighted by Crippen LogP contribution is -2.29. The van der Waals surface area contributed by atoms with Gasteiger partial charge in [0.05, 0.1) is 13.2 Å². The molecule has 0 spiro atoms. The first kappa shape index (κ1) is 58.0. The van der Waals surface area contributed by atoms with Gasteiger partial charge in [0.1, 0.15) is 6.61 Å². The predicted octanol–water partition coefficient (Wildman–Crippen LogP) is 15.2. The number of hydrogen-bond acceptors (Lipinski definition) is 8. The molecule has 0 aliphatic carbocycles. The number of esters is 2. The molecular weight excluding hydrogens is 762 g/mol. The molecule has 0 radical (unpaired) electrons. The van der Waals surface area contributed by atoms with Gasteiger partial charge in [-0.25, -0.2) is 4.57 Å². The molecule has 0 aromatic heterocycles. The summed E-state index contributed by atoms with van der Waals surface area (Å²) in [6.07, 6.45) is 49.2. The van der Waals surface area contributed by atoms with E-state index < -0.39 is 26.5 Å². The molecule has 0 aromatic carbocycles. The summed E-state index contributed by atoms with van der Waals surface area (Å²) in [6.45, 7) is 3.73. The van der Waals surface area contributed by atoms with E-state index in [-0.39, 0.29) is 38.6 Å². The molecule has 0 saturated carbocycles. The number of nitrogens with two attached hydrogens (primary N) is 1. The van der Waals surface area contributed by atoms with Crippen LogP contribution in [0.25, 0.3) is 0 Å². The molecule has 352 valence electrons.